The largest absolute Gasteiger partial charge is 0.573 e. The summed E-state index contributed by atoms with van der Waals surface area (Å²) in [5.41, 5.74) is -1.00. The molecule has 0 amide bonds. The summed E-state index contributed by atoms with van der Waals surface area (Å²) in [6.07, 6.45) is -9.88. The molecule has 0 saturated carbocycles. The van der Waals surface area contributed by atoms with Crippen molar-refractivity contribution in [3.63, 3.8) is 0 Å². The van der Waals surface area contributed by atoms with Gasteiger partial charge in [0.05, 0.1) is 25.3 Å². The van der Waals surface area contributed by atoms with E-state index in [9.17, 15) is 26.3 Å². The molecule has 0 aliphatic heterocycles. The van der Waals surface area contributed by atoms with E-state index < -0.39 is 58.5 Å². The fourth-order valence-electron chi connectivity index (χ4n) is 3.19. The molecule has 3 aromatic rings. The second-order valence-corrected chi connectivity index (χ2v) is 6.59. The van der Waals surface area contributed by atoms with Gasteiger partial charge in [-0.25, -0.2) is 8.78 Å². The maximum atomic E-state index is 15.4. The van der Waals surface area contributed by atoms with E-state index in [0.717, 1.165) is 62.8 Å². The van der Waals surface area contributed by atoms with Gasteiger partial charge < -0.3 is 18.9 Å². The first-order valence-corrected chi connectivity index (χ1v) is 9.20. The molecule has 3 aromatic carbocycles. The average molecular weight is 494 g/mol. The number of methoxy groups -OCH3 is 2. The van der Waals surface area contributed by atoms with Crippen molar-refractivity contribution < 1.29 is 54.1 Å². The number of hydrogen-bond donors (Lipinski definition) is 0. The van der Waals surface area contributed by atoms with Crippen LogP contribution in [0, 0.1) is 11.6 Å². The molecule has 0 saturated heterocycles. The van der Waals surface area contributed by atoms with E-state index in [0.29, 0.717) is 0 Å². The summed E-state index contributed by atoms with van der Waals surface area (Å²) in [5, 5.41) is 0. The van der Waals surface area contributed by atoms with E-state index in [1.807, 2.05) is 0 Å². The highest BCUT2D eigenvalue weighted by Crippen LogP contribution is 2.47. The molecule has 12 heteroatoms. The first-order valence-electron chi connectivity index (χ1n) is 9.20. The average Bonchev–Trinajstić information content (AvgIpc) is 2.74. The Morgan fingerprint density at radius 2 is 0.824 bits per heavy atom. The fourth-order valence-corrected chi connectivity index (χ4v) is 3.19. The van der Waals surface area contributed by atoms with Gasteiger partial charge in [-0.3, -0.25) is 0 Å². The number of benzene rings is 3. The molecule has 0 fully saturated rings. The maximum absolute atomic E-state index is 15.4. The van der Waals surface area contributed by atoms with Crippen LogP contribution in [0.4, 0.5) is 35.1 Å². The fraction of sp³-hybridized carbons (Fsp3) is 0.182. The Morgan fingerprint density at radius 3 is 1.06 bits per heavy atom. The summed E-state index contributed by atoms with van der Waals surface area (Å²) < 4.78 is 123. The quantitative estimate of drug-likeness (QED) is 0.342. The predicted molar refractivity (Wildman–Crippen MR) is 104 cm³/mol. The van der Waals surface area contributed by atoms with Crippen molar-refractivity contribution in [2.45, 2.75) is 12.7 Å². The zero-order valence-corrected chi connectivity index (χ0v) is 17.3. The van der Waals surface area contributed by atoms with Crippen LogP contribution in [0.25, 0.3) is 22.3 Å². The number of ether oxygens (including phenoxy) is 4. The lowest BCUT2D eigenvalue weighted by atomic mass is 9.96. The topological polar surface area (TPSA) is 36.9 Å². The van der Waals surface area contributed by atoms with Gasteiger partial charge >= 0.3 is 12.7 Å². The van der Waals surface area contributed by atoms with Crippen molar-refractivity contribution in [1.29, 1.82) is 0 Å². The highest BCUT2D eigenvalue weighted by molar-refractivity contribution is 5.83. The zero-order chi connectivity index (χ0) is 25.3. The number of hydrogen-bond acceptors (Lipinski definition) is 4. The van der Waals surface area contributed by atoms with Crippen LogP contribution < -0.4 is 18.9 Å². The smallest absolute Gasteiger partial charge is 0.493 e. The van der Waals surface area contributed by atoms with Crippen molar-refractivity contribution in [2.75, 3.05) is 14.2 Å². The van der Waals surface area contributed by atoms with Gasteiger partial charge in [-0.15, -0.1) is 26.3 Å². The van der Waals surface area contributed by atoms with Gasteiger partial charge in [0, 0.05) is 0 Å². The second-order valence-electron chi connectivity index (χ2n) is 6.59. The first kappa shape index (κ1) is 24.9. The van der Waals surface area contributed by atoms with Gasteiger partial charge in [-0.05, 0) is 35.4 Å². The van der Waals surface area contributed by atoms with E-state index in [-0.39, 0.29) is 11.1 Å². The maximum Gasteiger partial charge on any atom is 0.573 e. The summed E-state index contributed by atoms with van der Waals surface area (Å²) in [7, 11) is 2.08. The predicted octanol–water partition coefficient (Wildman–Crippen LogP) is 7.11. The minimum absolute atomic E-state index is 0.0541. The molecule has 0 aromatic heterocycles. The molecule has 0 atom stereocenters. The molecule has 182 valence electrons. The standard InChI is InChI=1S/C22H14F8O4/c1-31-19-15(11-3-7-13(8-4-11)33-21(25,26)27)18(24)20(32-2)16(17(19)23)12-5-9-14(10-6-12)34-22(28,29)30/h3-10H,1-2H3. The van der Waals surface area contributed by atoms with Crippen LogP contribution in [0.5, 0.6) is 23.0 Å². The third-order valence-corrected chi connectivity index (χ3v) is 4.45. The minimum atomic E-state index is -4.94. The molecule has 3 rings (SSSR count). The van der Waals surface area contributed by atoms with Crippen molar-refractivity contribution >= 4 is 0 Å². The minimum Gasteiger partial charge on any atom is -0.493 e. The van der Waals surface area contributed by atoms with E-state index >= 15 is 8.78 Å². The number of halogens is 8. The molecule has 0 aliphatic carbocycles. The SMILES string of the molecule is COc1c(F)c(-c2ccc(OC(F)(F)F)cc2)c(OC)c(F)c1-c1ccc(OC(F)(F)F)cc1. The van der Waals surface area contributed by atoms with Crippen LogP contribution in [-0.2, 0) is 0 Å². The van der Waals surface area contributed by atoms with E-state index in [1.165, 1.54) is 0 Å². The third-order valence-electron chi connectivity index (χ3n) is 4.45. The van der Waals surface area contributed by atoms with Crippen LogP contribution >= 0.6 is 0 Å². The van der Waals surface area contributed by atoms with E-state index in [1.54, 1.807) is 0 Å². The lowest BCUT2D eigenvalue weighted by Crippen LogP contribution is -2.17. The zero-order valence-electron chi connectivity index (χ0n) is 17.3. The summed E-state index contributed by atoms with van der Waals surface area (Å²) in [6.45, 7) is 0. The molecule has 0 heterocycles. The Balaban J connectivity index is 2.11. The molecule has 0 bridgehead atoms. The van der Waals surface area contributed by atoms with Gasteiger partial charge in [0.25, 0.3) is 0 Å². The van der Waals surface area contributed by atoms with Crippen molar-refractivity contribution in [3.05, 3.63) is 60.2 Å². The van der Waals surface area contributed by atoms with Crippen LogP contribution in [0.2, 0.25) is 0 Å². The molecule has 0 spiro atoms. The van der Waals surface area contributed by atoms with Crippen molar-refractivity contribution in [3.8, 4) is 45.3 Å². The number of rotatable bonds is 6. The highest BCUT2D eigenvalue weighted by Gasteiger charge is 2.33. The summed E-state index contributed by atoms with van der Waals surface area (Å²) in [4.78, 5) is 0. The van der Waals surface area contributed by atoms with Crippen LogP contribution in [0.15, 0.2) is 48.5 Å². The van der Waals surface area contributed by atoms with Crippen LogP contribution in [-0.4, -0.2) is 26.9 Å². The Kier molecular flexibility index (Phi) is 6.80. The summed E-state index contributed by atoms with van der Waals surface area (Å²) in [6, 6.07) is 7.85. The molecular formula is C22H14F8O4. The highest BCUT2D eigenvalue weighted by atomic mass is 19.4. The molecular weight excluding hydrogens is 480 g/mol. The Bertz CT molecular complexity index is 1060. The normalized spacial score (nSPS) is 11.8. The third kappa shape index (κ3) is 5.43. The van der Waals surface area contributed by atoms with Crippen molar-refractivity contribution in [1.82, 2.24) is 0 Å². The van der Waals surface area contributed by atoms with Gasteiger partial charge in [-0.1, -0.05) is 24.3 Å². The van der Waals surface area contributed by atoms with Crippen LogP contribution in [0.1, 0.15) is 0 Å². The Labute approximate surface area is 187 Å². The molecule has 0 aliphatic rings. The second kappa shape index (κ2) is 9.27. The molecule has 0 N–H and O–H groups in total. The summed E-state index contributed by atoms with van der Waals surface area (Å²) >= 11 is 0. The molecule has 0 unspecified atom stereocenters. The van der Waals surface area contributed by atoms with Gasteiger partial charge in [0.2, 0.25) is 0 Å². The summed E-state index contributed by atoms with van der Waals surface area (Å²) in [5.74, 6) is -4.60. The first-order chi connectivity index (χ1) is 15.8. The van der Waals surface area contributed by atoms with Crippen molar-refractivity contribution in [2.24, 2.45) is 0 Å². The Hall–Kier alpha value is -3.70. The molecule has 4 nitrogen and oxygen atoms in total. The van der Waals surface area contributed by atoms with Gasteiger partial charge in [0.15, 0.2) is 23.1 Å². The molecule has 34 heavy (non-hydrogen) atoms. The molecule has 0 radical (unpaired) electrons. The lowest BCUT2D eigenvalue weighted by molar-refractivity contribution is -0.275. The lowest BCUT2D eigenvalue weighted by Gasteiger charge is -2.19. The van der Waals surface area contributed by atoms with Gasteiger partial charge in [0.1, 0.15) is 11.5 Å². The van der Waals surface area contributed by atoms with E-state index in [4.69, 9.17) is 9.47 Å². The van der Waals surface area contributed by atoms with Gasteiger partial charge in [-0.2, -0.15) is 0 Å². The number of alkyl halides is 6. The van der Waals surface area contributed by atoms with E-state index in [2.05, 4.69) is 9.47 Å². The van der Waals surface area contributed by atoms with Crippen LogP contribution in [0.3, 0.4) is 0 Å². The monoisotopic (exact) mass is 494 g/mol. The Morgan fingerprint density at radius 1 is 0.529 bits per heavy atom.